The third-order valence-electron chi connectivity index (χ3n) is 4.78. The zero-order chi connectivity index (χ0) is 20.4. The fourth-order valence-electron chi connectivity index (χ4n) is 3.45. The monoisotopic (exact) mass is 417 g/mol. The molecule has 2 nitrogen and oxygen atoms in total. The van der Waals surface area contributed by atoms with E-state index in [0.717, 1.165) is 22.0 Å². The van der Waals surface area contributed by atoms with Crippen molar-refractivity contribution in [3.63, 3.8) is 0 Å². The molecule has 1 aromatic heterocycles. The minimum Gasteiger partial charge on any atom is -0.289 e. The second-order valence-electron chi connectivity index (χ2n) is 6.66. The molecule has 4 heteroatoms. The molecule has 0 spiro atoms. The molecule has 0 bridgehead atoms. The number of ketones is 1. The summed E-state index contributed by atoms with van der Waals surface area (Å²) in [7, 11) is 0. The Labute approximate surface area is 179 Å². The summed E-state index contributed by atoms with van der Waals surface area (Å²) in [4.78, 5) is 18.0. The summed E-state index contributed by atoms with van der Waals surface area (Å²) in [6.45, 7) is 1.86. The number of hydrogen-bond acceptors (Lipinski definition) is 2. The second kappa shape index (κ2) is 8.20. The van der Waals surface area contributed by atoms with E-state index < -0.39 is 0 Å². The van der Waals surface area contributed by atoms with Gasteiger partial charge in [-0.25, -0.2) is 0 Å². The van der Waals surface area contributed by atoms with Crippen LogP contribution in [-0.2, 0) is 0 Å². The SMILES string of the molecule is Cc1nc2ccccc2c(-c2ccccc2)c1C(=O)/C=C/c1c(Cl)cccc1Cl. The van der Waals surface area contributed by atoms with Crippen molar-refractivity contribution in [1.82, 2.24) is 4.98 Å². The number of benzene rings is 3. The lowest BCUT2D eigenvalue weighted by molar-refractivity contribution is 0.104. The van der Waals surface area contributed by atoms with Crippen molar-refractivity contribution in [2.75, 3.05) is 0 Å². The number of aromatic nitrogens is 1. The summed E-state index contributed by atoms with van der Waals surface area (Å²) in [5.41, 5.74) is 4.60. The molecule has 0 saturated heterocycles. The van der Waals surface area contributed by atoms with Gasteiger partial charge in [0.2, 0.25) is 0 Å². The standard InChI is InChI=1S/C25H17Cl2NO/c1-16-24(23(29)15-14-18-20(26)11-7-12-21(18)27)25(17-8-3-2-4-9-17)19-10-5-6-13-22(19)28-16/h2-15H,1H3/b15-14+. The molecule has 4 rings (SSSR count). The number of carbonyl (C=O) groups is 1. The van der Waals surface area contributed by atoms with Crippen LogP contribution in [0.5, 0.6) is 0 Å². The van der Waals surface area contributed by atoms with Crippen LogP contribution in [0, 0.1) is 6.92 Å². The number of aryl methyl sites for hydroxylation is 1. The molecule has 0 saturated carbocycles. The molecule has 0 atom stereocenters. The first-order chi connectivity index (χ1) is 14.1. The molecule has 3 aromatic carbocycles. The lowest BCUT2D eigenvalue weighted by atomic mass is 9.92. The molecule has 0 fully saturated rings. The van der Waals surface area contributed by atoms with Gasteiger partial charge in [0.25, 0.3) is 0 Å². The van der Waals surface area contributed by atoms with Gasteiger partial charge >= 0.3 is 0 Å². The van der Waals surface area contributed by atoms with E-state index in [4.69, 9.17) is 23.2 Å². The number of nitrogens with zero attached hydrogens (tertiary/aromatic N) is 1. The lowest BCUT2D eigenvalue weighted by Gasteiger charge is -2.14. The highest BCUT2D eigenvalue weighted by molar-refractivity contribution is 6.37. The molecule has 142 valence electrons. The number of hydrogen-bond donors (Lipinski definition) is 0. The lowest BCUT2D eigenvalue weighted by Crippen LogP contribution is -2.05. The van der Waals surface area contributed by atoms with Crippen LogP contribution in [0.15, 0.2) is 78.9 Å². The van der Waals surface area contributed by atoms with Crippen LogP contribution in [0.3, 0.4) is 0 Å². The highest BCUT2D eigenvalue weighted by atomic mass is 35.5. The summed E-state index contributed by atoms with van der Waals surface area (Å²) in [6, 6.07) is 23.0. The highest BCUT2D eigenvalue weighted by Crippen LogP contribution is 2.34. The maximum atomic E-state index is 13.3. The normalized spacial score (nSPS) is 11.3. The zero-order valence-electron chi connectivity index (χ0n) is 15.7. The number of rotatable bonds is 4. The maximum absolute atomic E-state index is 13.3. The Morgan fingerprint density at radius 1 is 0.862 bits per heavy atom. The third kappa shape index (κ3) is 3.82. The molecule has 0 aliphatic heterocycles. The van der Waals surface area contributed by atoms with Crippen molar-refractivity contribution in [2.24, 2.45) is 0 Å². The smallest absolute Gasteiger partial charge is 0.188 e. The van der Waals surface area contributed by atoms with Gasteiger partial charge in [0, 0.05) is 32.3 Å². The van der Waals surface area contributed by atoms with E-state index in [1.54, 1.807) is 24.3 Å². The summed E-state index contributed by atoms with van der Waals surface area (Å²) in [6.07, 6.45) is 3.18. The Balaban J connectivity index is 1.90. The molecule has 29 heavy (non-hydrogen) atoms. The first-order valence-electron chi connectivity index (χ1n) is 9.17. The van der Waals surface area contributed by atoms with Crippen LogP contribution in [0.2, 0.25) is 10.0 Å². The van der Waals surface area contributed by atoms with Crippen molar-refractivity contribution in [2.45, 2.75) is 6.92 Å². The average molecular weight is 418 g/mol. The number of carbonyl (C=O) groups excluding carboxylic acids is 1. The van der Waals surface area contributed by atoms with Crippen molar-refractivity contribution < 1.29 is 4.79 Å². The fourth-order valence-corrected chi connectivity index (χ4v) is 3.98. The first kappa shape index (κ1) is 19.4. The average Bonchev–Trinajstić information content (AvgIpc) is 2.73. The van der Waals surface area contributed by atoms with Gasteiger partial charge in [-0.15, -0.1) is 0 Å². The molecule has 0 aliphatic carbocycles. The number of para-hydroxylation sites is 1. The molecule has 0 radical (unpaired) electrons. The summed E-state index contributed by atoms with van der Waals surface area (Å²) >= 11 is 12.5. The zero-order valence-corrected chi connectivity index (χ0v) is 17.2. The van der Waals surface area contributed by atoms with E-state index in [0.29, 0.717) is 26.9 Å². The van der Waals surface area contributed by atoms with Gasteiger partial charge in [0.15, 0.2) is 5.78 Å². The molecule has 0 unspecified atom stereocenters. The van der Waals surface area contributed by atoms with Crippen LogP contribution < -0.4 is 0 Å². The van der Waals surface area contributed by atoms with Crippen molar-refractivity contribution >= 4 is 46.0 Å². The second-order valence-corrected chi connectivity index (χ2v) is 7.48. The van der Waals surface area contributed by atoms with Crippen LogP contribution in [0.4, 0.5) is 0 Å². The Hall–Kier alpha value is -2.94. The minimum atomic E-state index is -0.143. The highest BCUT2D eigenvalue weighted by Gasteiger charge is 2.18. The van der Waals surface area contributed by atoms with E-state index in [2.05, 4.69) is 4.98 Å². The van der Waals surface area contributed by atoms with Gasteiger partial charge in [0.1, 0.15) is 0 Å². The van der Waals surface area contributed by atoms with Gasteiger partial charge in [-0.1, -0.05) is 77.8 Å². The van der Waals surface area contributed by atoms with E-state index in [1.807, 2.05) is 61.5 Å². The predicted molar refractivity (Wildman–Crippen MR) is 122 cm³/mol. The quantitative estimate of drug-likeness (QED) is 0.255. The molecule has 1 heterocycles. The van der Waals surface area contributed by atoms with Crippen molar-refractivity contribution in [3.05, 3.63) is 106 Å². The number of fused-ring (bicyclic) bond motifs is 1. The number of pyridine rings is 1. The van der Waals surface area contributed by atoms with E-state index in [9.17, 15) is 4.79 Å². The van der Waals surface area contributed by atoms with Crippen molar-refractivity contribution in [3.8, 4) is 11.1 Å². The Morgan fingerprint density at radius 3 is 2.24 bits per heavy atom. The van der Waals surface area contributed by atoms with Crippen LogP contribution in [-0.4, -0.2) is 10.8 Å². The van der Waals surface area contributed by atoms with Gasteiger partial charge in [0.05, 0.1) is 11.1 Å². The molecular formula is C25H17Cl2NO. The third-order valence-corrected chi connectivity index (χ3v) is 5.44. The maximum Gasteiger partial charge on any atom is 0.188 e. The van der Waals surface area contributed by atoms with Crippen molar-refractivity contribution in [1.29, 1.82) is 0 Å². The van der Waals surface area contributed by atoms with Crippen LogP contribution >= 0.6 is 23.2 Å². The molecule has 0 aliphatic rings. The van der Waals surface area contributed by atoms with E-state index in [1.165, 1.54) is 6.08 Å². The number of allylic oxidation sites excluding steroid dienone is 1. The summed E-state index contributed by atoms with van der Waals surface area (Å²) in [5, 5.41) is 1.94. The molecule has 4 aromatic rings. The van der Waals surface area contributed by atoms with Gasteiger partial charge < -0.3 is 0 Å². The Bertz CT molecular complexity index is 1230. The summed E-state index contributed by atoms with van der Waals surface area (Å²) < 4.78 is 0. The van der Waals surface area contributed by atoms with Gasteiger partial charge in [-0.2, -0.15) is 0 Å². The molecule has 0 amide bonds. The van der Waals surface area contributed by atoms with Gasteiger partial charge in [-0.05, 0) is 42.8 Å². The fraction of sp³-hybridized carbons (Fsp3) is 0.0400. The van der Waals surface area contributed by atoms with E-state index in [-0.39, 0.29) is 5.78 Å². The molecular weight excluding hydrogens is 401 g/mol. The molecule has 0 N–H and O–H groups in total. The predicted octanol–water partition coefficient (Wildman–Crippen LogP) is 7.41. The first-order valence-corrected chi connectivity index (χ1v) is 9.93. The minimum absolute atomic E-state index is 0.143. The number of halogens is 2. The van der Waals surface area contributed by atoms with E-state index >= 15 is 0 Å². The Kier molecular flexibility index (Phi) is 5.48. The Morgan fingerprint density at radius 2 is 1.52 bits per heavy atom. The van der Waals surface area contributed by atoms with Crippen LogP contribution in [0.25, 0.3) is 28.1 Å². The topological polar surface area (TPSA) is 30.0 Å². The van der Waals surface area contributed by atoms with Crippen LogP contribution in [0.1, 0.15) is 21.6 Å². The summed E-state index contributed by atoms with van der Waals surface area (Å²) in [5.74, 6) is -0.143. The van der Waals surface area contributed by atoms with Gasteiger partial charge in [-0.3, -0.25) is 9.78 Å². The largest absolute Gasteiger partial charge is 0.289 e.